The number of hydrogen-bond acceptors (Lipinski definition) is 10. The Morgan fingerprint density at radius 3 is 1.53 bits per heavy atom. The Labute approximate surface area is 223 Å². The molecule has 0 saturated heterocycles. The zero-order valence-electron chi connectivity index (χ0n) is 18.8. The molecule has 184 valence electrons. The first-order valence-electron chi connectivity index (χ1n) is 9.11. The van der Waals surface area contributed by atoms with Crippen LogP contribution in [-0.4, -0.2) is 49.8 Å². The largest absolute Gasteiger partial charge is 0.507 e. The first kappa shape index (κ1) is 31.2. The van der Waals surface area contributed by atoms with Crippen LogP contribution in [0.5, 0.6) is 23.0 Å². The second-order valence-electron chi connectivity index (χ2n) is 5.98. The van der Waals surface area contributed by atoms with Gasteiger partial charge in [-0.2, -0.15) is 0 Å². The zero-order chi connectivity index (χ0) is 26.4. The molecule has 0 radical (unpaired) electrons. The Bertz CT molecular complexity index is 1040. The molecule has 0 aliphatic carbocycles. The zero-order valence-corrected chi connectivity index (χ0v) is 23.2. The number of aldehydes is 2. The number of aromatic hydroxyl groups is 1. The van der Waals surface area contributed by atoms with Crippen molar-refractivity contribution in [3.8, 4) is 23.0 Å². The van der Waals surface area contributed by atoms with Crippen molar-refractivity contribution in [2.75, 3.05) is 14.2 Å². The molecule has 0 amide bonds. The lowest BCUT2D eigenvalue weighted by atomic mass is 10.2. The van der Waals surface area contributed by atoms with Crippen LogP contribution >= 0.6 is 45.2 Å². The number of esters is 3. The molecule has 0 aromatic heterocycles. The number of halogens is 2. The number of phenols is 1. The van der Waals surface area contributed by atoms with E-state index in [9.17, 15) is 29.1 Å². The summed E-state index contributed by atoms with van der Waals surface area (Å²) in [5.41, 5.74) is 0.873. The van der Waals surface area contributed by atoms with Crippen molar-refractivity contribution in [1.29, 1.82) is 0 Å². The van der Waals surface area contributed by atoms with Gasteiger partial charge in [-0.05, 0) is 57.3 Å². The third kappa shape index (κ3) is 11.4. The minimum absolute atomic E-state index is 0.123. The number of hydrogen-bond donors (Lipinski definition) is 1. The molecule has 2 rings (SSSR count). The molecule has 10 nitrogen and oxygen atoms in total. The summed E-state index contributed by atoms with van der Waals surface area (Å²) in [6, 6.07) is 6.12. The van der Waals surface area contributed by atoms with Gasteiger partial charge in [-0.3, -0.25) is 24.0 Å². The van der Waals surface area contributed by atoms with Crippen LogP contribution in [0.4, 0.5) is 0 Å². The summed E-state index contributed by atoms with van der Waals surface area (Å²) in [6.45, 7) is 3.68. The summed E-state index contributed by atoms with van der Waals surface area (Å²) in [6.07, 6.45) is 1.39. The quantitative estimate of drug-likeness (QED) is 0.160. The first-order valence-corrected chi connectivity index (χ1v) is 11.3. The Kier molecular flexibility index (Phi) is 14.7. The van der Waals surface area contributed by atoms with Crippen LogP contribution in [0.1, 0.15) is 41.5 Å². The third-order valence-electron chi connectivity index (χ3n) is 3.38. The highest BCUT2D eigenvalue weighted by atomic mass is 127. The summed E-state index contributed by atoms with van der Waals surface area (Å²) in [5.74, 6) is -0.234. The van der Waals surface area contributed by atoms with Gasteiger partial charge in [0.2, 0.25) is 0 Å². The highest BCUT2D eigenvalue weighted by molar-refractivity contribution is 14.1. The van der Waals surface area contributed by atoms with E-state index in [2.05, 4.69) is 4.74 Å². The van der Waals surface area contributed by atoms with Gasteiger partial charge in [-0.25, -0.2) is 0 Å². The Morgan fingerprint density at radius 1 is 0.735 bits per heavy atom. The summed E-state index contributed by atoms with van der Waals surface area (Å²) < 4.78 is 20.1. The molecule has 2 aromatic carbocycles. The van der Waals surface area contributed by atoms with E-state index in [1.165, 1.54) is 47.1 Å². The number of carbonyl (C=O) groups is 5. The first-order chi connectivity index (χ1) is 15.9. The molecule has 1 N–H and O–H groups in total. The van der Waals surface area contributed by atoms with E-state index in [0.717, 1.165) is 0 Å². The Hall–Kier alpha value is -2.75. The second kappa shape index (κ2) is 16.0. The van der Waals surface area contributed by atoms with E-state index in [1.54, 1.807) is 12.1 Å². The lowest BCUT2D eigenvalue weighted by Gasteiger charge is -2.08. The molecule has 34 heavy (non-hydrogen) atoms. The van der Waals surface area contributed by atoms with E-state index in [4.69, 9.17) is 14.2 Å². The van der Waals surface area contributed by atoms with Crippen molar-refractivity contribution in [1.82, 2.24) is 0 Å². The summed E-state index contributed by atoms with van der Waals surface area (Å²) >= 11 is 3.93. The smallest absolute Gasteiger partial charge is 0.310 e. The number of benzene rings is 2. The fraction of sp³-hybridized carbons (Fsp3) is 0.227. The molecule has 2 aromatic rings. The minimum atomic E-state index is -0.562. The summed E-state index contributed by atoms with van der Waals surface area (Å²) in [7, 11) is 2.90. The molecule has 0 saturated carbocycles. The molecule has 0 aliphatic heterocycles. The molecule has 0 aliphatic rings. The lowest BCUT2D eigenvalue weighted by Crippen LogP contribution is -2.04. The molecule has 0 unspecified atom stereocenters. The normalized spacial score (nSPS) is 9.15. The molecule has 0 spiro atoms. The van der Waals surface area contributed by atoms with Gasteiger partial charge in [0.05, 0.1) is 32.5 Å². The van der Waals surface area contributed by atoms with Gasteiger partial charge in [-0.15, -0.1) is 0 Å². The van der Waals surface area contributed by atoms with Crippen molar-refractivity contribution in [3.05, 3.63) is 42.5 Å². The SMILES string of the molecule is CC(=O)OC(C)=O.COc1cc(O)c(I)cc1C=O.COc1cc(OC(C)=O)c(I)cc1C=O. The average Bonchev–Trinajstić information content (AvgIpc) is 2.75. The van der Waals surface area contributed by atoms with Crippen LogP contribution in [-0.2, 0) is 19.1 Å². The van der Waals surface area contributed by atoms with Gasteiger partial charge in [0.15, 0.2) is 12.6 Å². The van der Waals surface area contributed by atoms with Crippen molar-refractivity contribution in [2.45, 2.75) is 20.8 Å². The molecular weight excluding hydrogens is 678 g/mol. The number of rotatable bonds is 5. The van der Waals surface area contributed by atoms with Crippen LogP contribution in [0, 0.1) is 7.14 Å². The maximum Gasteiger partial charge on any atom is 0.310 e. The van der Waals surface area contributed by atoms with Gasteiger partial charge in [-0.1, -0.05) is 0 Å². The van der Waals surface area contributed by atoms with E-state index < -0.39 is 17.9 Å². The van der Waals surface area contributed by atoms with E-state index in [0.29, 0.717) is 48.1 Å². The summed E-state index contributed by atoms with van der Waals surface area (Å²) in [4.78, 5) is 51.6. The maximum absolute atomic E-state index is 10.8. The van der Waals surface area contributed by atoms with Gasteiger partial charge < -0.3 is 24.1 Å². The van der Waals surface area contributed by atoms with Crippen molar-refractivity contribution in [2.24, 2.45) is 0 Å². The van der Waals surface area contributed by atoms with Crippen molar-refractivity contribution >= 4 is 75.7 Å². The number of carbonyl (C=O) groups excluding carboxylic acids is 5. The standard InChI is InChI=1S/C10H9IO4.C8H7IO3.C4H6O3/c1-6(13)15-10-4-9(14-2)7(5-12)3-8(10)11;1-12-8-3-7(11)6(9)2-5(8)4-10;1-3(5)7-4(2)6/h3-5H,1-2H3;2-4,11H,1H3;1-2H3. The van der Waals surface area contributed by atoms with Crippen LogP contribution in [0.3, 0.4) is 0 Å². The highest BCUT2D eigenvalue weighted by Crippen LogP contribution is 2.29. The van der Waals surface area contributed by atoms with Crippen LogP contribution < -0.4 is 14.2 Å². The second-order valence-corrected chi connectivity index (χ2v) is 8.31. The molecule has 0 bridgehead atoms. The topological polar surface area (TPSA) is 142 Å². The number of ether oxygens (including phenoxy) is 4. The van der Waals surface area contributed by atoms with Crippen LogP contribution in [0.2, 0.25) is 0 Å². The molecular formula is C22H22I2O10. The monoisotopic (exact) mass is 700 g/mol. The van der Waals surface area contributed by atoms with Gasteiger partial charge in [0.1, 0.15) is 23.0 Å². The van der Waals surface area contributed by atoms with E-state index >= 15 is 0 Å². The minimum Gasteiger partial charge on any atom is -0.507 e. The Morgan fingerprint density at radius 2 is 1.18 bits per heavy atom. The van der Waals surface area contributed by atoms with E-state index in [1.807, 2.05) is 45.2 Å². The fourth-order valence-corrected chi connectivity index (χ4v) is 3.17. The molecule has 0 atom stereocenters. The van der Waals surface area contributed by atoms with Crippen molar-refractivity contribution < 1.29 is 48.0 Å². The fourth-order valence-electron chi connectivity index (χ4n) is 2.08. The molecule has 0 heterocycles. The lowest BCUT2D eigenvalue weighted by molar-refractivity contribution is -0.156. The molecule has 0 fully saturated rings. The van der Waals surface area contributed by atoms with Gasteiger partial charge in [0, 0.05) is 32.9 Å². The third-order valence-corrected chi connectivity index (χ3v) is 5.09. The predicted octanol–water partition coefficient (Wildman–Crippen LogP) is 3.95. The van der Waals surface area contributed by atoms with Crippen LogP contribution in [0.25, 0.3) is 0 Å². The number of phenolic OH excluding ortho intramolecular Hbond substituents is 1. The van der Waals surface area contributed by atoms with Gasteiger partial charge >= 0.3 is 17.9 Å². The Balaban J connectivity index is 0.000000514. The summed E-state index contributed by atoms with van der Waals surface area (Å²) in [5, 5.41) is 9.25. The van der Waals surface area contributed by atoms with Crippen molar-refractivity contribution in [3.63, 3.8) is 0 Å². The highest BCUT2D eigenvalue weighted by Gasteiger charge is 2.11. The predicted molar refractivity (Wildman–Crippen MR) is 138 cm³/mol. The van der Waals surface area contributed by atoms with E-state index in [-0.39, 0.29) is 5.75 Å². The maximum atomic E-state index is 10.8. The van der Waals surface area contributed by atoms with Gasteiger partial charge in [0.25, 0.3) is 0 Å². The van der Waals surface area contributed by atoms with Crippen LogP contribution in [0.15, 0.2) is 24.3 Å². The molecule has 12 heteroatoms. The number of methoxy groups -OCH3 is 2. The average molecular weight is 700 g/mol.